The Bertz CT molecular complexity index is 784. The molecule has 1 unspecified atom stereocenters. The number of likely N-dealkylation sites (tertiary alicyclic amines) is 1. The highest BCUT2D eigenvalue weighted by Crippen LogP contribution is 2.21. The number of rotatable bonds is 3. The molecular weight excluding hydrogens is 318 g/mol. The van der Waals surface area contributed by atoms with Crippen molar-refractivity contribution in [2.45, 2.75) is 32.2 Å². The number of piperidine rings is 1. The molecule has 1 fully saturated rings. The lowest BCUT2D eigenvalue weighted by atomic mass is 10.0. The molecule has 2 aromatic rings. The van der Waals surface area contributed by atoms with E-state index in [1.165, 1.54) is 4.90 Å². The number of carboxylic acid groups (broad SMARTS) is 1. The van der Waals surface area contributed by atoms with Crippen LogP contribution >= 0.6 is 0 Å². The zero-order chi connectivity index (χ0) is 17.3. The van der Waals surface area contributed by atoms with Gasteiger partial charge in [-0.2, -0.15) is 0 Å². The van der Waals surface area contributed by atoms with Crippen LogP contribution in [0.15, 0.2) is 12.1 Å². The molecule has 1 aliphatic rings. The second kappa shape index (κ2) is 6.54. The summed E-state index contributed by atoms with van der Waals surface area (Å²) in [5.41, 5.74) is 1.08. The lowest BCUT2D eigenvalue weighted by Gasteiger charge is -2.33. The van der Waals surface area contributed by atoms with Gasteiger partial charge in [-0.25, -0.2) is 23.5 Å². The monoisotopic (exact) mass is 336 g/mol. The number of hydrogen-bond donors (Lipinski definition) is 2. The second-order valence-corrected chi connectivity index (χ2v) is 5.92. The highest BCUT2D eigenvalue weighted by atomic mass is 19.2. The number of fused-ring (bicyclic) bond motifs is 1. The first-order valence-electron chi connectivity index (χ1n) is 7.82. The second-order valence-electron chi connectivity index (χ2n) is 5.92. The maximum absolute atomic E-state index is 13.4. The Labute approximate surface area is 137 Å². The number of anilines is 1. The van der Waals surface area contributed by atoms with Crippen LogP contribution < -0.4 is 5.32 Å². The Hall–Kier alpha value is -2.51. The molecule has 1 atom stereocenters. The molecule has 0 aliphatic carbocycles. The number of benzene rings is 1. The van der Waals surface area contributed by atoms with Gasteiger partial charge < -0.3 is 15.3 Å². The van der Waals surface area contributed by atoms with Crippen molar-refractivity contribution in [3.8, 4) is 0 Å². The van der Waals surface area contributed by atoms with Gasteiger partial charge in [0, 0.05) is 25.2 Å². The van der Waals surface area contributed by atoms with E-state index in [0.717, 1.165) is 31.4 Å². The Morgan fingerprint density at radius 3 is 2.62 bits per heavy atom. The van der Waals surface area contributed by atoms with Gasteiger partial charge in [0.1, 0.15) is 5.82 Å². The quantitative estimate of drug-likeness (QED) is 0.900. The van der Waals surface area contributed by atoms with Crippen molar-refractivity contribution in [2.24, 2.45) is 0 Å². The summed E-state index contributed by atoms with van der Waals surface area (Å²) < 4.78 is 26.6. The van der Waals surface area contributed by atoms with Gasteiger partial charge in [-0.1, -0.05) is 0 Å². The van der Waals surface area contributed by atoms with Crippen LogP contribution in [0.5, 0.6) is 0 Å². The predicted molar refractivity (Wildman–Crippen MR) is 85.1 cm³/mol. The van der Waals surface area contributed by atoms with Gasteiger partial charge in [-0.15, -0.1) is 0 Å². The van der Waals surface area contributed by atoms with Gasteiger partial charge in [0.15, 0.2) is 11.6 Å². The molecule has 8 heteroatoms. The maximum atomic E-state index is 13.4. The molecule has 2 heterocycles. The lowest BCUT2D eigenvalue weighted by molar-refractivity contribution is 0.110. The van der Waals surface area contributed by atoms with Crippen LogP contribution in [0.2, 0.25) is 0 Å². The summed E-state index contributed by atoms with van der Waals surface area (Å²) in [5.74, 6) is -1.49. The van der Waals surface area contributed by atoms with Crippen molar-refractivity contribution in [1.82, 2.24) is 14.9 Å². The van der Waals surface area contributed by atoms with E-state index in [1.807, 2.05) is 0 Å². The predicted octanol–water partition coefficient (Wildman–Crippen LogP) is 3.16. The number of nitrogens with zero attached hydrogens (tertiary/aromatic N) is 3. The minimum atomic E-state index is -0.976. The Balaban J connectivity index is 1.80. The molecule has 24 heavy (non-hydrogen) atoms. The molecule has 1 aromatic heterocycles. The maximum Gasteiger partial charge on any atom is 0.407 e. The molecule has 0 radical (unpaired) electrons. The summed E-state index contributed by atoms with van der Waals surface area (Å²) in [6.45, 7) is 2.64. The third-order valence-electron chi connectivity index (χ3n) is 4.26. The van der Waals surface area contributed by atoms with E-state index in [-0.39, 0.29) is 17.1 Å². The molecule has 0 spiro atoms. The molecule has 128 valence electrons. The molecular formula is C16H18F2N4O2. The normalized spacial score (nSPS) is 18.0. The average Bonchev–Trinajstić information content (AvgIpc) is 2.55. The van der Waals surface area contributed by atoms with Crippen LogP contribution in [0.3, 0.4) is 0 Å². The number of aromatic nitrogens is 2. The van der Waals surface area contributed by atoms with Crippen LogP contribution in [-0.2, 0) is 0 Å². The Morgan fingerprint density at radius 2 is 1.96 bits per heavy atom. The van der Waals surface area contributed by atoms with Crippen molar-refractivity contribution in [3.63, 3.8) is 0 Å². The molecule has 1 aromatic carbocycles. The fraction of sp³-hybridized carbons (Fsp3) is 0.438. The highest BCUT2D eigenvalue weighted by molar-refractivity contribution is 5.76. The standard InChI is InChI=1S/C16H18F2N4O2/c1-9-15(19-8-10-4-2-3-5-22(10)16(23)24)21-14-7-12(18)11(17)6-13(14)20-9/h6-7,10H,2-5,8H2,1H3,(H,19,21)(H,23,24). The van der Waals surface area contributed by atoms with Crippen LogP contribution in [0.25, 0.3) is 11.0 Å². The zero-order valence-corrected chi connectivity index (χ0v) is 13.2. The summed E-state index contributed by atoms with van der Waals surface area (Å²) in [6, 6.07) is 1.88. The molecule has 6 nitrogen and oxygen atoms in total. The number of amides is 1. The summed E-state index contributed by atoms with van der Waals surface area (Å²) in [5, 5.41) is 12.4. The summed E-state index contributed by atoms with van der Waals surface area (Å²) in [6.07, 6.45) is 1.69. The van der Waals surface area contributed by atoms with E-state index in [2.05, 4.69) is 15.3 Å². The van der Waals surface area contributed by atoms with E-state index < -0.39 is 17.7 Å². The topological polar surface area (TPSA) is 78.4 Å². The molecule has 1 aliphatic heterocycles. The van der Waals surface area contributed by atoms with Crippen LogP contribution in [0.4, 0.5) is 19.4 Å². The lowest BCUT2D eigenvalue weighted by Crippen LogP contribution is -2.46. The third kappa shape index (κ3) is 3.22. The van der Waals surface area contributed by atoms with Gasteiger partial charge in [0.25, 0.3) is 0 Å². The minimum Gasteiger partial charge on any atom is -0.465 e. The smallest absolute Gasteiger partial charge is 0.407 e. The van der Waals surface area contributed by atoms with Crippen molar-refractivity contribution >= 4 is 22.9 Å². The van der Waals surface area contributed by atoms with Crippen molar-refractivity contribution < 1.29 is 18.7 Å². The fourth-order valence-electron chi connectivity index (χ4n) is 2.99. The average molecular weight is 336 g/mol. The number of halogens is 2. The van der Waals surface area contributed by atoms with Gasteiger partial charge >= 0.3 is 6.09 Å². The van der Waals surface area contributed by atoms with Crippen molar-refractivity contribution in [1.29, 1.82) is 0 Å². The number of aryl methyl sites for hydroxylation is 1. The van der Waals surface area contributed by atoms with Crippen LogP contribution in [0, 0.1) is 18.6 Å². The first-order valence-corrected chi connectivity index (χ1v) is 7.82. The van der Waals surface area contributed by atoms with E-state index in [9.17, 15) is 18.7 Å². The Kier molecular flexibility index (Phi) is 4.46. The first kappa shape index (κ1) is 16.4. The van der Waals surface area contributed by atoms with Gasteiger partial charge in [-0.05, 0) is 26.2 Å². The van der Waals surface area contributed by atoms with Crippen molar-refractivity contribution in [3.05, 3.63) is 29.5 Å². The van der Waals surface area contributed by atoms with Gasteiger partial charge in [0.2, 0.25) is 0 Å². The molecule has 3 rings (SSSR count). The molecule has 0 saturated carbocycles. The van der Waals surface area contributed by atoms with E-state index >= 15 is 0 Å². The summed E-state index contributed by atoms with van der Waals surface area (Å²) >= 11 is 0. The van der Waals surface area contributed by atoms with Crippen LogP contribution in [0.1, 0.15) is 25.0 Å². The molecule has 1 amide bonds. The molecule has 2 N–H and O–H groups in total. The molecule has 0 bridgehead atoms. The molecule has 1 saturated heterocycles. The summed E-state index contributed by atoms with van der Waals surface area (Å²) in [4.78, 5) is 21.2. The SMILES string of the molecule is Cc1nc2cc(F)c(F)cc2nc1NCC1CCCCN1C(=O)O. The van der Waals surface area contributed by atoms with E-state index in [0.29, 0.717) is 24.6 Å². The fourth-order valence-corrected chi connectivity index (χ4v) is 2.99. The largest absolute Gasteiger partial charge is 0.465 e. The third-order valence-corrected chi connectivity index (χ3v) is 4.26. The Morgan fingerprint density at radius 1 is 1.29 bits per heavy atom. The van der Waals surface area contributed by atoms with Crippen LogP contribution in [-0.4, -0.2) is 45.2 Å². The highest BCUT2D eigenvalue weighted by Gasteiger charge is 2.26. The van der Waals surface area contributed by atoms with Crippen molar-refractivity contribution in [2.75, 3.05) is 18.4 Å². The minimum absolute atomic E-state index is 0.141. The van der Waals surface area contributed by atoms with E-state index in [4.69, 9.17) is 0 Å². The number of hydrogen-bond acceptors (Lipinski definition) is 4. The zero-order valence-electron chi connectivity index (χ0n) is 13.2. The summed E-state index contributed by atoms with van der Waals surface area (Å²) in [7, 11) is 0. The van der Waals surface area contributed by atoms with Gasteiger partial charge in [0.05, 0.1) is 22.8 Å². The van der Waals surface area contributed by atoms with Gasteiger partial charge in [-0.3, -0.25) is 0 Å². The first-order chi connectivity index (χ1) is 11.5. The number of carbonyl (C=O) groups is 1. The number of nitrogens with one attached hydrogen (secondary N) is 1. The van der Waals surface area contributed by atoms with E-state index in [1.54, 1.807) is 6.92 Å².